The molecule has 3 aromatic rings. The van der Waals surface area contributed by atoms with E-state index in [-0.39, 0.29) is 5.92 Å². The largest absolute Gasteiger partial charge is 0.385 e. The maximum absolute atomic E-state index is 3.67. The summed E-state index contributed by atoms with van der Waals surface area (Å²) >= 11 is 0. The molecule has 0 aliphatic rings. The summed E-state index contributed by atoms with van der Waals surface area (Å²) in [6.45, 7) is 9.53. The van der Waals surface area contributed by atoms with Crippen molar-refractivity contribution in [2.24, 2.45) is 0 Å². The predicted octanol–water partition coefficient (Wildman–Crippen LogP) is 7.33. The summed E-state index contributed by atoms with van der Waals surface area (Å²) in [4.78, 5) is 0. The topological polar surface area (TPSA) is 36.1 Å². The Labute approximate surface area is 188 Å². The van der Waals surface area contributed by atoms with Crippen LogP contribution < -0.4 is 16.0 Å². The van der Waals surface area contributed by atoms with E-state index in [1.165, 1.54) is 33.8 Å². The highest BCUT2D eigenvalue weighted by Crippen LogP contribution is 2.42. The molecule has 0 amide bonds. The van der Waals surface area contributed by atoms with Crippen LogP contribution in [0.15, 0.2) is 72.8 Å². The summed E-state index contributed by atoms with van der Waals surface area (Å²) in [7, 11) is 0. The number of hydrogen-bond acceptors (Lipinski definition) is 3. The predicted molar refractivity (Wildman–Crippen MR) is 137 cm³/mol. The Balaban J connectivity index is 2.18. The molecule has 3 N–H and O–H groups in total. The Kier molecular flexibility index (Phi) is 8.84. The number of nitrogens with one attached hydrogen (secondary N) is 3. The van der Waals surface area contributed by atoms with E-state index in [0.717, 1.165) is 38.9 Å². The fraction of sp³-hybridized carbons (Fsp3) is 0.357. The molecule has 3 rings (SSSR count). The van der Waals surface area contributed by atoms with Gasteiger partial charge in [0.25, 0.3) is 0 Å². The molecule has 31 heavy (non-hydrogen) atoms. The Morgan fingerprint density at radius 3 is 1.06 bits per heavy atom. The average Bonchev–Trinajstić information content (AvgIpc) is 2.82. The first kappa shape index (κ1) is 22.7. The summed E-state index contributed by atoms with van der Waals surface area (Å²) < 4.78 is 0. The number of anilines is 3. The molecule has 0 saturated heterocycles. The third-order valence-electron chi connectivity index (χ3n) is 5.51. The molecule has 0 aliphatic heterocycles. The molecule has 0 fully saturated rings. The van der Waals surface area contributed by atoms with Gasteiger partial charge in [-0.05, 0) is 54.2 Å². The van der Waals surface area contributed by atoms with Crippen LogP contribution in [0.5, 0.6) is 0 Å². The van der Waals surface area contributed by atoms with Crippen LogP contribution in [0.4, 0.5) is 17.1 Å². The Morgan fingerprint density at radius 2 is 0.774 bits per heavy atom. The van der Waals surface area contributed by atoms with Crippen LogP contribution in [0.3, 0.4) is 0 Å². The van der Waals surface area contributed by atoms with Crippen molar-refractivity contribution in [2.45, 2.75) is 46.0 Å². The molecular formula is C28H37N3. The second-order valence-corrected chi connectivity index (χ2v) is 7.98. The lowest BCUT2D eigenvalue weighted by Crippen LogP contribution is -2.14. The van der Waals surface area contributed by atoms with Gasteiger partial charge in [-0.3, -0.25) is 0 Å². The number of benzene rings is 3. The normalized spacial score (nSPS) is 10.8. The maximum Gasteiger partial charge on any atom is 0.0401 e. The van der Waals surface area contributed by atoms with E-state index in [1.807, 2.05) is 0 Å². The number of rotatable bonds is 12. The van der Waals surface area contributed by atoms with E-state index in [4.69, 9.17) is 0 Å². The van der Waals surface area contributed by atoms with E-state index in [9.17, 15) is 0 Å². The number of para-hydroxylation sites is 3. The van der Waals surface area contributed by atoms with Crippen molar-refractivity contribution in [3.8, 4) is 0 Å². The average molecular weight is 416 g/mol. The van der Waals surface area contributed by atoms with Crippen LogP contribution in [0, 0.1) is 0 Å². The monoisotopic (exact) mass is 415 g/mol. The van der Waals surface area contributed by atoms with Gasteiger partial charge in [-0.2, -0.15) is 0 Å². The first-order valence-corrected chi connectivity index (χ1v) is 11.8. The third kappa shape index (κ3) is 5.81. The van der Waals surface area contributed by atoms with Crippen LogP contribution in [-0.2, 0) is 0 Å². The van der Waals surface area contributed by atoms with E-state index < -0.39 is 0 Å². The zero-order chi connectivity index (χ0) is 21.9. The van der Waals surface area contributed by atoms with Gasteiger partial charge in [0.15, 0.2) is 0 Å². The number of hydrogen-bond donors (Lipinski definition) is 3. The smallest absolute Gasteiger partial charge is 0.0401 e. The van der Waals surface area contributed by atoms with Crippen molar-refractivity contribution >= 4 is 17.1 Å². The highest BCUT2D eigenvalue weighted by Gasteiger charge is 2.24. The maximum atomic E-state index is 3.67. The molecule has 3 aromatic carbocycles. The van der Waals surface area contributed by atoms with Crippen molar-refractivity contribution in [3.05, 3.63) is 89.5 Å². The molecule has 0 spiro atoms. The summed E-state index contributed by atoms with van der Waals surface area (Å²) in [5, 5.41) is 11.0. The lowest BCUT2D eigenvalue weighted by Gasteiger charge is -2.27. The fourth-order valence-corrected chi connectivity index (χ4v) is 4.01. The van der Waals surface area contributed by atoms with Gasteiger partial charge in [-0.25, -0.2) is 0 Å². The highest BCUT2D eigenvalue weighted by atomic mass is 14.9. The van der Waals surface area contributed by atoms with Gasteiger partial charge in [0.05, 0.1) is 0 Å². The summed E-state index contributed by atoms with van der Waals surface area (Å²) in [6.07, 6.45) is 3.30. The van der Waals surface area contributed by atoms with Gasteiger partial charge < -0.3 is 16.0 Å². The molecule has 0 radical (unpaired) electrons. The van der Waals surface area contributed by atoms with Crippen LogP contribution in [0.2, 0.25) is 0 Å². The molecule has 0 heterocycles. The minimum absolute atomic E-state index is 0.127. The van der Waals surface area contributed by atoms with Crippen LogP contribution >= 0.6 is 0 Å². The fourth-order valence-electron chi connectivity index (χ4n) is 4.01. The standard InChI is InChI=1S/C28H37N3/c1-4-19-29-25-16-10-7-13-22(25)28(23-14-8-11-17-26(23)30-20-5-2)24-15-9-12-18-27(24)31-21-6-3/h7-18,28-31H,4-6,19-21H2,1-3H3. The minimum atomic E-state index is 0.127. The SMILES string of the molecule is CCCNc1ccccc1C(c1ccccc1NCCC)c1ccccc1NCCC. The van der Waals surface area contributed by atoms with Gasteiger partial charge in [-0.15, -0.1) is 0 Å². The van der Waals surface area contributed by atoms with Crippen molar-refractivity contribution in [3.63, 3.8) is 0 Å². The van der Waals surface area contributed by atoms with Crippen molar-refractivity contribution in [1.29, 1.82) is 0 Å². The Hall–Kier alpha value is -2.94. The molecule has 0 atom stereocenters. The van der Waals surface area contributed by atoms with E-state index in [0.29, 0.717) is 0 Å². The Bertz CT molecular complexity index is 812. The molecular weight excluding hydrogens is 378 g/mol. The quantitative estimate of drug-likeness (QED) is 0.271. The molecule has 3 heteroatoms. The van der Waals surface area contributed by atoms with E-state index >= 15 is 0 Å². The minimum Gasteiger partial charge on any atom is -0.385 e. The van der Waals surface area contributed by atoms with E-state index in [1.54, 1.807) is 0 Å². The summed E-state index contributed by atoms with van der Waals surface area (Å²) in [5.74, 6) is 0.127. The van der Waals surface area contributed by atoms with Crippen LogP contribution in [0.1, 0.15) is 62.6 Å². The first-order valence-electron chi connectivity index (χ1n) is 11.8. The molecule has 0 unspecified atom stereocenters. The van der Waals surface area contributed by atoms with Crippen molar-refractivity contribution in [2.75, 3.05) is 35.6 Å². The Morgan fingerprint density at radius 1 is 0.484 bits per heavy atom. The zero-order valence-corrected chi connectivity index (χ0v) is 19.2. The van der Waals surface area contributed by atoms with Gasteiger partial charge in [0.2, 0.25) is 0 Å². The molecule has 0 aromatic heterocycles. The van der Waals surface area contributed by atoms with Gasteiger partial charge >= 0.3 is 0 Å². The van der Waals surface area contributed by atoms with Crippen molar-refractivity contribution < 1.29 is 0 Å². The van der Waals surface area contributed by atoms with Crippen LogP contribution in [-0.4, -0.2) is 19.6 Å². The lowest BCUT2D eigenvalue weighted by atomic mass is 9.82. The molecule has 0 aliphatic carbocycles. The van der Waals surface area contributed by atoms with Gasteiger partial charge in [-0.1, -0.05) is 75.4 Å². The molecule has 0 bridgehead atoms. The zero-order valence-electron chi connectivity index (χ0n) is 19.2. The first-order chi connectivity index (χ1) is 15.3. The van der Waals surface area contributed by atoms with Crippen LogP contribution in [0.25, 0.3) is 0 Å². The third-order valence-corrected chi connectivity index (χ3v) is 5.51. The van der Waals surface area contributed by atoms with E-state index in [2.05, 4.69) is 110 Å². The van der Waals surface area contributed by atoms with Gasteiger partial charge in [0, 0.05) is 42.6 Å². The second-order valence-electron chi connectivity index (χ2n) is 7.98. The summed E-state index contributed by atoms with van der Waals surface area (Å²) in [5.41, 5.74) is 7.58. The van der Waals surface area contributed by atoms with Gasteiger partial charge in [0.1, 0.15) is 0 Å². The van der Waals surface area contributed by atoms with Crippen molar-refractivity contribution in [1.82, 2.24) is 0 Å². The summed E-state index contributed by atoms with van der Waals surface area (Å²) in [6, 6.07) is 26.3. The molecule has 0 saturated carbocycles. The highest BCUT2D eigenvalue weighted by molar-refractivity contribution is 5.68. The second kappa shape index (κ2) is 12.0. The molecule has 3 nitrogen and oxygen atoms in total. The molecule has 164 valence electrons. The lowest BCUT2D eigenvalue weighted by molar-refractivity contribution is 0.927.